The number of rotatable bonds is 3. The molecule has 1 aromatic rings. The molecule has 1 aromatic carbocycles. The second kappa shape index (κ2) is 6.07. The Morgan fingerprint density at radius 2 is 1.79 bits per heavy atom. The molecule has 1 fully saturated rings. The van der Waals surface area contributed by atoms with E-state index in [0.717, 1.165) is 16.4 Å². The van der Waals surface area contributed by atoms with E-state index in [2.05, 4.69) is 22.6 Å². The Hall–Kier alpha value is -0.180. The highest BCUT2D eigenvalue weighted by Gasteiger charge is 2.30. The van der Waals surface area contributed by atoms with Crippen LogP contribution in [-0.4, -0.2) is 31.9 Å². The van der Waals surface area contributed by atoms with E-state index >= 15 is 0 Å². The van der Waals surface area contributed by atoms with Crippen molar-refractivity contribution >= 4 is 32.6 Å². The Labute approximate surface area is 128 Å². The molecule has 1 atom stereocenters. The number of benzene rings is 1. The summed E-state index contributed by atoms with van der Waals surface area (Å²) in [7, 11) is -3.34. The average molecular weight is 394 g/mol. The maximum Gasteiger partial charge on any atom is 0.243 e. The highest BCUT2D eigenvalue weighted by atomic mass is 127. The minimum Gasteiger partial charge on any atom is -0.328 e. The first-order valence-corrected chi connectivity index (χ1v) is 8.94. The van der Waals surface area contributed by atoms with Crippen LogP contribution in [-0.2, 0) is 10.0 Å². The van der Waals surface area contributed by atoms with Crippen LogP contribution >= 0.6 is 22.6 Å². The Morgan fingerprint density at radius 3 is 2.26 bits per heavy atom. The van der Waals surface area contributed by atoms with Gasteiger partial charge in [-0.1, -0.05) is 0 Å². The van der Waals surface area contributed by atoms with Gasteiger partial charge in [0.2, 0.25) is 10.0 Å². The van der Waals surface area contributed by atoms with Crippen LogP contribution in [0, 0.1) is 9.49 Å². The minimum atomic E-state index is -3.34. The molecule has 2 N–H and O–H groups in total. The summed E-state index contributed by atoms with van der Waals surface area (Å²) in [5.74, 6) is 0.433. The van der Waals surface area contributed by atoms with Crippen molar-refractivity contribution in [2.45, 2.75) is 30.7 Å². The first-order chi connectivity index (χ1) is 8.91. The van der Waals surface area contributed by atoms with Crippen molar-refractivity contribution in [3.8, 4) is 0 Å². The van der Waals surface area contributed by atoms with Crippen LogP contribution in [0.1, 0.15) is 19.8 Å². The summed E-state index contributed by atoms with van der Waals surface area (Å²) < 4.78 is 27.5. The van der Waals surface area contributed by atoms with Crippen molar-refractivity contribution in [2.24, 2.45) is 11.7 Å². The normalized spacial score (nSPS) is 20.4. The van der Waals surface area contributed by atoms with Gasteiger partial charge in [0, 0.05) is 22.7 Å². The first kappa shape index (κ1) is 15.2. The molecule has 19 heavy (non-hydrogen) atoms. The molecule has 0 radical (unpaired) electrons. The molecule has 0 bridgehead atoms. The molecule has 2 rings (SSSR count). The number of piperidine rings is 1. The molecule has 1 heterocycles. The van der Waals surface area contributed by atoms with Crippen molar-refractivity contribution in [1.29, 1.82) is 0 Å². The van der Waals surface area contributed by atoms with E-state index in [1.807, 2.05) is 19.1 Å². The molecule has 0 aromatic heterocycles. The SMILES string of the molecule is CC(N)C1CCN(S(=O)(=O)c2ccc(I)cc2)CC1. The molecule has 0 amide bonds. The fraction of sp³-hybridized carbons (Fsp3) is 0.538. The fourth-order valence-electron chi connectivity index (χ4n) is 2.40. The number of nitrogens with zero attached hydrogens (tertiary/aromatic N) is 1. The van der Waals surface area contributed by atoms with Gasteiger partial charge in [-0.25, -0.2) is 8.42 Å². The van der Waals surface area contributed by atoms with Crippen molar-refractivity contribution in [3.05, 3.63) is 27.8 Å². The number of sulfonamides is 1. The predicted octanol–water partition coefficient (Wildman–Crippen LogP) is 2.04. The highest BCUT2D eigenvalue weighted by Crippen LogP contribution is 2.25. The summed E-state index contributed by atoms with van der Waals surface area (Å²) in [6.45, 7) is 3.13. The zero-order chi connectivity index (χ0) is 14.0. The van der Waals surface area contributed by atoms with Crippen molar-refractivity contribution in [3.63, 3.8) is 0 Å². The van der Waals surface area contributed by atoms with Gasteiger partial charge in [-0.05, 0) is 72.5 Å². The Kier molecular flexibility index (Phi) is 4.86. The number of hydrogen-bond donors (Lipinski definition) is 1. The summed E-state index contributed by atoms with van der Waals surface area (Å²) in [6.07, 6.45) is 1.70. The second-order valence-corrected chi connectivity index (χ2v) is 8.24. The Balaban J connectivity index is 2.12. The second-order valence-electron chi connectivity index (χ2n) is 5.05. The van der Waals surface area contributed by atoms with Crippen molar-refractivity contribution in [2.75, 3.05) is 13.1 Å². The first-order valence-electron chi connectivity index (χ1n) is 6.42. The van der Waals surface area contributed by atoms with Crippen LogP contribution in [0.2, 0.25) is 0 Å². The summed E-state index contributed by atoms with van der Waals surface area (Å²) in [4.78, 5) is 0.382. The van der Waals surface area contributed by atoms with Crippen LogP contribution in [0.15, 0.2) is 29.2 Å². The van der Waals surface area contributed by atoms with Crippen molar-refractivity contribution in [1.82, 2.24) is 4.31 Å². The van der Waals surface area contributed by atoms with E-state index in [4.69, 9.17) is 5.73 Å². The monoisotopic (exact) mass is 394 g/mol. The van der Waals surface area contributed by atoms with E-state index in [-0.39, 0.29) is 6.04 Å². The van der Waals surface area contributed by atoms with E-state index < -0.39 is 10.0 Å². The lowest BCUT2D eigenvalue weighted by Gasteiger charge is -2.32. The molecular formula is C13H19IN2O2S. The quantitative estimate of drug-likeness (QED) is 0.799. The van der Waals surface area contributed by atoms with Gasteiger partial charge in [0.05, 0.1) is 4.90 Å². The molecule has 1 aliphatic heterocycles. The van der Waals surface area contributed by atoms with E-state index in [0.29, 0.717) is 23.9 Å². The smallest absolute Gasteiger partial charge is 0.243 e. The van der Waals surface area contributed by atoms with Crippen molar-refractivity contribution < 1.29 is 8.42 Å². The number of halogens is 1. The standard InChI is InChI=1S/C13H19IN2O2S/c1-10(15)11-6-8-16(9-7-11)19(17,18)13-4-2-12(14)3-5-13/h2-5,10-11H,6-9,15H2,1H3. The molecule has 0 saturated carbocycles. The molecule has 0 aliphatic carbocycles. The molecule has 6 heteroatoms. The van der Waals surface area contributed by atoms with Gasteiger partial charge in [-0.3, -0.25) is 0 Å². The molecule has 1 saturated heterocycles. The van der Waals surface area contributed by atoms with Gasteiger partial charge in [0.25, 0.3) is 0 Å². The van der Waals surface area contributed by atoms with Crippen LogP contribution in [0.5, 0.6) is 0 Å². The predicted molar refractivity (Wildman–Crippen MR) is 84.3 cm³/mol. The van der Waals surface area contributed by atoms with Gasteiger partial charge in [0.1, 0.15) is 0 Å². The van der Waals surface area contributed by atoms with Gasteiger partial charge in [-0.15, -0.1) is 0 Å². The lowest BCUT2D eigenvalue weighted by Crippen LogP contribution is -2.42. The van der Waals surface area contributed by atoms with Crippen LogP contribution in [0.3, 0.4) is 0 Å². The minimum absolute atomic E-state index is 0.142. The van der Waals surface area contributed by atoms with E-state index in [9.17, 15) is 8.42 Å². The largest absolute Gasteiger partial charge is 0.328 e. The maximum atomic E-state index is 12.5. The average Bonchev–Trinajstić information content (AvgIpc) is 2.39. The lowest BCUT2D eigenvalue weighted by atomic mass is 9.92. The maximum absolute atomic E-state index is 12.5. The summed E-state index contributed by atoms with van der Waals surface area (Å²) in [5.41, 5.74) is 5.88. The molecule has 0 spiro atoms. The highest BCUT2D eigenvalue weighted by molar-refractivity contribution is 14.1. The molecular weight excluding hydrogens is 375 g/mol. The zero-order valence-corrected chi connectivity index (χ0v) is 13.9. The summed E-state index contributed by atoms with van der Waals surface area (Å²) >= 11 is 2.17. The lowest BCUT2D eigenvalue weighted by molar-refractivity contribution is 0.250. The van der Waals surface area contributed by atoms with Gasteiger partial charge >= 0.3 is 0 Å². The molecule has 1 unspecified atom stereocenters. The van der Waals surface area contributed by atoms with Crippen LogP contribution in [0.4, 0.5) is 0 Å². The number of nitrogens with two attached hydrogens (primary N) is 1. The Bertz CT molecular complexity index is 520. The zero-order valence-electron chi connectivity index (χ0n) is 10.9. The molecule has 106 valence electrons. The Morgan fingerprint density at radius 1 is 1.26 bits per heavy atom. The third-order valence-electron chi connectivity index (χ3n) is 3.69. The van der Waals surface area contributed by atoms with E-state index in [1.54, 1.807) is 16.4 Å². The summed E-state index contributed by atoms with van der Waals surface area (Å²) in [5, 5.41) is 0. The van der Waals surface area contributed by atoms with Gasteiger partial charge in [0.15, 0.2) is 0 Å². The fourth-order valence-corrected chi connectivity index (χ4v) is 4.23. The van der Waals surface area contributed by atoms with E-state index in [1.165, 1.54) is 0 Å². The third-order valence-corrected chi connectivity index (χ3v) is 6.33. The van der Waals surface area contributed by atoms with Gasteiger partial charge in [-0.2, -0.15) is 4.31 Å². The molecule has 4 nitrogen and oxygen atoms in total. The van der Waals surface area contributed by atoms with Gasteiger partial charge < -0.3 is 5.73 Å². The third kappa shape index (κ3) is 3.48. The summed E-state index contributed by atoms with van der Waals surface area (Å²) in [6, 6.07) is 7.14. The molecule has 1 aliphatic rings. The number of hydrogen-bond acceptors (Lipinski definition) is 3. The van der Waals surface area contributed by atoms with Crippen LogP contribution in [0.25, 0.3) is 0 Å². The topological polar surface area (TPSA) is 63.4 Å². The van der Waals surface area contributed by atoms with Crippen LogP contribution < -0.4 is 5.73 Å².